The number of fused-ring (bicyclic) bond motifs is 1. The van der Waals surface area contributed by atoms with Gasteiger partial charge in [0.15, 0.2) is 0 Å². The van der Waals surface area contributed by atoms with Crippen molar-refractivity contribution >= 4 is 17.7 Å². The molecule has 2 aliphatic carbocycles. The number of nitrogens with zero attached hydrogens (tertiary/aromatic N) is 4. The molecular formula is C33H40N6O3. The maximum atomic E-state index is 12.7. The Kier molecular flexibility index (Phi) is 7.39. The molecule has 6 rings (SSSR count). The Labute approximate surface area is 246 Å². The standard InChI is InChI=1S/C33H40N6O3/c1-21-34-30-36-28(23-11-13-24(14-12-23)33(19-8-20-33)37-31(41)42-32(2,3)4)27(22-9-6-5-7-10-22)29(39(30)38-21)35-25-15-17-26(40)18-16-25/h5-7,9-14,25-26,35,40H,8,15-20H2,1-4H3,(H,37,41)/t25-,26-. The molecule has 2 fully saturated rings. The van der Waals surface area contributed by atoms with Crippen molar-refractivity contribution in [2.24, 2.45) is 0 Å². The number of anilines is 1. The SMILES string of the molecule is Cc1nc2nc(-c3ccc(C4(NC(=O)OC(C)(C)C)CCC4)cc3)c(-c3ccccc3)c(N[C@H]3CC[C@H](O)CC3)n2n1. The van der Waals surface area contributed by atoms with Crippen molar-refractivity contribution < 1.29 is 14.6 Å². The van der Waals surface area contributed by atoms with Crippen LogP contribution >= 0.6 is 0 Å². The van der Waals surface area contributed by atoms with Crippen molar-refractivity contribution in [1.82, 2.24) is 24.9 Å². The molecule has 0 bridgehead atoms. The van der Waals surface area contributed by atoms with Crippen LogP contribution in [-0.4, -0.2) is 48.5 Å². The number of hydrogen-bond donors (Lipinski definition) is 3. The number of nitrogens with one attached hydrogen (secondary N) is 2. The molecule has 0 spiro atoms. The number of hydrogen-bond acceptors (Lipinski definition) is 7. The van der Waals surface area contributed by atoms with Gasteiger partial charge in [0.2, 0.25) is 0 Å². The minimum absolute atomic E-state index is 0.207. The lowest BCUT2D eigenvalue weighted by Gasteiger charge is -2.43. The predicted octanol–water partition coefficient (Wildman–Crippen LogP) is 6.39. The quantitative estimate of drug-likeness (QED) is 0.247. The molecule has 0 atom stereocenters. The zero-order valence-corrected chi connectivity index (χ0v) is 24.9. The molecule has 220 valence electrons. The second kappa shape index (κ2) is 11.0. The molecule has 0 radical (unpaired) electrons. The van der Waals surface area contributed by atoms with Gasteiger partial charge in [-0.3, -0.25) is 0 Å². The summed E-state index contributed by atoms with van der Waals surface area (Å²) in [5, 5.41) is 21.7. The Morgan fingerprint density at radius 1 is 0.976 bits per heavy atom. The average Bonchev–Trinajstić information content (AvgIpc) is 3.31. The van der Waals surface area contributed by atoms with Gasteiger partial charge in [0.1, 0.15) is 17.2 Å². The van der Waals surface area contributed by atoms with Crippen LogP contribution in [0, 0.1) is 6.92 Å². The topological polar surface area (TPSA) is 114 Å². The molecule has 2 aliphatic rings. The number of amides is 1. The summed E-state index contributed by atoms with van der Waals surface area (Å²) in [6.45, 7) is 7.50. The summed E-state index contributed by atoms with van der Waals surface area (Å²) in [6.07, 6.45) is 5.47. The molecule has 2 heterocycles. The third kappa shape index (κ3) is 5.70. The van der Waals surface area contributed by atoms with Crippen molar-refractivity contribution in [3.05, 3.63) is 66.0 Å². The number of carbonyl (C=O) groups is 1. The number of rotatable bonds is 6. The van der Waals surface area contributed by atoms with Crippen LogP contribution in [0.3, 0.4) is 0 Å². The van der Waals surface area contributed by atoms with E-state index in [1.165, 1.54) is 0 Å². The lowest BCUT2D eigenvalue weighted by Crippen LogP contribution is -2.52. The Bertz CT molecular complexity index is 1560. The van der Waals surface area contributed by atoms with Crippen molar-refractivity contribution in [2.75, 3.05) is 5.32 Å². The first-order valence-corrected chi connectivity index (χ1v) is 15.0. The summed E-state index contributed by atoms with van der Waals surface area (Å²) < 4.78 is 7.39. The summed E-state index contributed by atoms with van der Waals surface area (Å²) in [5.74, 6) is 2.04. The maximum Gasteiger partial charge on any atom is 0.408 e. The molecule has 0 saturated heterocycles. The van der Waals surface area contributed by atoms with E-state index in [0.29, 0.717) is 11.6 Å². The van der Waals surface area contributed by atoms with Crippen LogP contribution in [0.2, 0.25) is 0 Å². The van der Waals surface area contributed by atoms with E-state index < -0.39 is 17.2 Å². The fourth-order valence-electron chi connectivity index (χ4n) is 6.10. The van der Waals surface area contributed by atoms with Gasteiger partial charge in [0.05, 0.1) is 22.9 Å². The van der Waals surface area contributed by atoms with Crippen LogP contribution < -0.4 is 10.6 Å². The third-order valence-corrected chi connectivity index (χ3v) is 8.35. The van der Waals surface area contributed by atoms with E-state index in [9.17, 15) is 9.90 Å². The first-order valence-electron chi connectivity index (χ1n) is 15.0. The fraction of sp³-hybridized carbons (Fsp3) is 0.455. The van der Waals surface area contributed by atoms with Crippen LogP contribution in [0.4, 0.5) is 10.6 Å². The van der Waals surface area contributed by atoms with Gasteiger partial charge in [-0.25, -0.2) is 9.78 Å². The smallest absolute Gasteiger partial charge is 0.408 e. The van der Waals surface area contributed by atoms with Crippen molar-refractivity contribution in [3.8, 4) is 22.4 Å². The van der Waals surface area contributed by atoms with Gasteiger partial charge in [-0.05, 0) is 83.8 Å². The van der Waals surface area contributed by atoms with Gasteiger partial charge in [0, 0.05) is 11.6 Å². The van der Waals surface area contributed by atoms with Gasteiger partial charge >= 0.3 is 6.09 Å². The lowest BCUT2D eigenvalue weighted by atomic mass is 9.71. The molecule has 9 nitrogen and oxygen atoms in total. The van der Waals surface area contributed by atoms with Crippen LogP contribution in [0.15, 0.2) is 54.6 Å². The van der Waals surface area contributed by atoms with Crippen LogP contribution in [0.25, 0.3) is 28.2 Å². The zero-order chi connectivity index (χ0) is 29.5. The van der Waals surface area contributed by atoms with Crippen LogP contribution in [-0.2, 0) is 10.3 Å². The van der Waals surface area contributed by atoms with Crippen LogP contribution in [0.1, 0.15) is 77.1 Å². The lowest BCUT2D eigenvalue weighted by molar-refractivity contribution is 0.0377. The first-order chi connectivity index (χ1) is 20.1. The molecule has 42 heavy (non-hydrogen) atoms. The van der Waals surface area contributed by atoms with E-state index in [0.717, 1.165) is 78.7 Å². The summed E-state index contributed by atoms with van der Waals surface area (Å²) in [7, 11) is 0. The van der Waals surface area contributed by atoms with E-state index in [1.54, 1.807) is 0 Å². The Morgan fingerprint density at radius 2 is 1.67 bits per heavy atom. The Morgan fingerprint density at radius 3 is 2.29 bits per heavy atom. The summed E-state index contributed by atoms with van der Waals surface area (Å²) in [5.41, 5.74) is 3.83. The molecule has 0 unspecified atom stereocenters. The van der Waals surface area contributed by atoms with E-state index in [-0.39, 0.29) is 12.1 Å². The highest BCUT2D eigenvalue weighted by atomic mass is 16.6. The summed E-state index contributed by atoms with van der Waals surface area (Å²) in [6, 6.07) is 18.8. The minimum atomic E-state index is -0.555. The van der Waals surface area contributed by atoms with Gasteiger partial charge in [-0.15, -0.1) is 5.10 Å². The molecule has 0 aliphatic heterocycles. The molecule has 3 N–H and O–H groups in total. The highest BCUT2D eigenvalue weighted by Gasteiger charge is 2.41. The number of carbonyl (C=O) groups excluding carboxylic acids is 1. The van der Waals surface area contributed by atoms with Crippen molar-refractivity contribution in [1.29, 1.82) is 0 Å². The largest absolute Gasteiger partial charge is 0.444 e. The predicted molar refractivity (Wildman–Crippen MR) is 163 cm³/mol. The molecule has 2 saturated carbocycles. The average molecular weight is 569 g/mol. The van der Waals surface area contributed by atoms with Gasteiger partial charge in [0.25, 0.3) is 5.78 Å². The number of benzene rings is 2. The Balaban J connectivity index is 1.42. The third-order valence-electron chi connectivity index (χ3n) is 8.35. The van der Waals surface area contributed by atoms with Crippen molar-refractivity contribution in [3.63, 3.8) is 0 Å². The monoisotopic (exact) mass is 568 g/mol. The second-order valence-corrected chi connectivity index (χ2v) is 12.7. The maximum absolute atomic E-state index is 12.7. The number of aliphatic hydroxyl groups is 1. The van der Waals surface area contributed by atoms with E-state index in [1.807, 2.05) is 50.4 Å². The van der Waals surface area contributed by atoms with E-state index in [2.05, 4.69) is 52.0 Å². The number of aryl methyl sites for hydroxylation is 1. The van der Waals surface area contributed by atoms with E-state index in [4.69, 9.17) is 14.8 Å². The molecule has 4 aromatic rings. The highest BCUT2D eigenvalue weighted by molar-refractivity contribution is 5.89. The molecule has 2 aromatic heterocycles. The number of ether oxygens (including phenoxy) is 1. The summed E-state index contributed by atoms with van der Waals surface area (Å²) >= 11 is 0. The van der Waals surface area contributed by atoms with Gasteiger partial charge in [-0.1, -0.05) is 54.6 Å². The number of alkyl carbamates (subject to hydrolysis) is 1. The van der Waals surface area contributed by atoms with Crippen LogP contribution in [0.5, 0.6) is 0 Å². The first kappa shape index (κ1) is 28.2. The minimum Gasteiger partial charge on any atom is -0.444 e. The molecule has 9 heteroatoms. The normalized spacial score (nSPS) is 20.1. The fourth-order valence-corrected chi connectivity index (χ4v) is 6.10. The van der Waals surface area contributed by atoms with E-state index >= 15 is 0 Å². The second-order valence-electron chi connectivity index (χ2n) is 12.7. The van der Waals surface area contributed by atoms with Gasteiger partial charge in [-0.2, -0.15) is 9.50 Å². The number of aliphatic hydroxyl groups excluding tert-OH is 1. The van der Waals surface area contributed by atoms with Gasteiger partial charge < -0.3 is 20.5 Å². The molecule has 2 aromatic carbocycles. The molecule has 1 amide bonds. The highest BCUT2D eigenvalue weighted by Crippen LogP contribution is 2.43. The molecular weight excluding hydrogens is 528 g/mol. The number of aromatic nitrogens is 4. The summed E-state index contributed by atoms with van der Waals surface area (Å²) in [4.78, 5) is 22.4. The van der Waals surface area contributed by atoms with Crippen molar-refractivity contribution in [2.45, 2.75) is 95.9 Å². The zero-order valence-electron chi connectivity index (χ0n) is 24.9. The Hall–Kier alpha value is -3.98.